The molecule has 1 amide bonds. The summed E-state index contributed by atoms with van der Waals surface area (Å²) in [6, 6.07) is 1.67. The highest BCUT2D eigenvalue weighted by molar-refractivity contribution is 5.95. The number of carbonyl (C=O) groups is 2. The van der Waals surface area contributed by atoms with Gasteiger partial charge in [0, 0.05) is 30.6 Å². The Balaban J connectivity index is 2.23. The van der Waals surface area contributed by atoms with E-state index in [1.807, 2.05) is 4.90 Å². The average Bonchev–Trinajstić information content (AvgIpc) is 2.75. The standard InChI is InChI=1S/C15H18N2O3/c1-15(2)6-3-7-17(15)14(20)12-8-11(9-16-10-12)4-5-13(18)19/h4-5,8-10H,3,6-7H2,1-2H3,(H,18,19). The lowest BCUT2D eigenvalue weighted by molar-refractivity contribution is -0.131. The van der Waals surface area contributed by atoms with Crippen LogP contribution in [0, 0.1) is 0 Å². The summed E-state index contributed by atoms with van der Waals surface area (Å²) in [5.41, 5.74) is 0.965. The van der Waals surface area contributed by atoms with Gasteiger partial charge in [0.1, 0.15) is 0 Å². The van der Waals surface area contributed by atoms with Gasteiger partial charge in [0.25, 0.3) is 5.91 Å². The van der Waals surface area contributed by atoms with E-state index < -0.39 is 5.97 Å². The summed E-state index contributed by atoms with van der Waals surface area (Å²) in [6.07, 6.45) is 7.52. The fourth-order valence-electron chi connectivity index (χ4n) is 2.47. The molecule has 106 valence electrons. The van der Waals surface area contributed by atoms with E-state index in [2.05, 4.69) is 18.8 Å². The average molecular weight is 274 g/mol. The Morgan fingerprint density at radius 1 is 1.40 bits per heavy atom. The topological polar surface area (TPSA) is 70.5 Å². The second-order valence-electron chi connectivity index (χ2n) is 5.55. The van der Waals surface area contributed by atoms with Gasteiger partial charge in [-0.1, -0.05) is 0 Å². The van der Waals surface area contributed by atoms with E-state index in [1.54, 1.807) is 6.07 Å². The largest absolute Gasteiger partial charge is 0.478 e. The Hall–Kier alpha value is -2.17. The number of carboxylic acids is 1. The van der Waals surface area contributed by atoms with E-state index in [0.29, 0.717) is 11.1 Å². The van der Waals surface area contributed by atoms with Crippen molar-refractivity contribution >= 4 is 18.0 Å². The molecule has 2 rings (SSSR count). The Bertz CT molecular complexity index is 564. The van der Waals surface area contributed by atoms with Crippen molar-refractivity contribution in [1.29, 1.82) is 0 Å². The number of carboxylic acid groups (broad SMARTS) is 1. The molecule has 1 aliphatic rings. The molecule has 5 heteroatoms. The van der Waals surface area contributed by atoms with E-state index in [4.69, 9.17) is 5.11 Å². The molecule has 20 heavy (non-hydrogen) atoms. The summed E-state index contributed by atoms with van der Waals surface area (Å²) in [4.78, 5) is 28.9. The van der Waals surface area contributed by atoms with Crippen LogP contribution in [0.1, 0.15) is 42.6 Å². The van der Waals surface area contributed by atoms with E-state index >= 15 is 0 Å². The first-order chi connectivity index (χ1) is 9.40. The summed E-state index contributed by atoms with van der Waals surface area (Å²) in [5.74, 6) is -1.08. The molecule has 1 aliphatic heterocycles. The number of likely N-dealkylation sites (tertiary alicyclic amines) is 1. The molecular formula is C15H18N2O3. The van der Waals surface area contributed by atoms with Crippen LogP contribution in [0.15, 0.2) is 24.5 Å². The second kappa shape index (κ2) is 5.45. The summed E-state index contributed by atoms with van der Waals surface area (Å²) in [5, 5.41) is 8.61. The number of nitrogens with zero attached hydrogens (tertiary/aromatic N) is 2. The van der Waals surface area contributed by atoms with Gasteiger partial charge in [-0.3, -0.25) is 9.78 Å². The lowest BCUT2D eigenvalue weighted by Gasteiger charge is -2.31. The van der Waals surface area contributed by atoms with Gasteiger partial charge in [0.2, 0.25) is 0 Å². The zero-order valence-electron chi connectivity index (χ0n) is 11.7. The molecule has 0 spiro atoms. The highest BCUT2D eigenvalue weighted by Crippen LogP contribution is 2.29. The van der Waals surface area contributed by atoms with Gasteiger partial charge in [0.05, 0.1) is 5.56 Å². The number of aromatic nitrogens is 1. The Morgan fingerprint density at radius 2 is 2.15 bits per heavy atom. The molecular weight excluding hydrogens is 256 g/mol. The molecule has 0 atom stereocenters. The van der Waals surface area contributed by atoms with Crippen LogP contribution in [0.4, 0.5) is 0 Å². The third-order valence-electron chi connectivity index (χ3n) is 3.57. The first-order valence-electron chi connectivity index (χ1n) is 6.58. The molecule has 1 aromatic rings. The molecule has 1 saturated heterocycles. The first kappa shape index (κ1) is 14.2. The summed E-state index contributed by atoms with van der Waals surface area (Å²) in [7, 11) is 0. The van der Waals surface area contributed by atoms with Crippen molar-refractivity contribution in [2.75, 3.05) is 6.54 Å². The molecule has 1 N–H and O–H groups in total. The minimum Gasteiger partial charge on any atom is -0.478 e. The van der Waals surface area contributed by atoms with Crippen LogP contribution in [0.3, 0.4) is 0 Å². The smallest absolute Gasteiger partial charge is 0.328 e. The summed E-state index contributed by atoms with van der Waals surface area (Å²) in [6.45, 7) is 4.86. The molecule has 0 aliphatic carbocycles. The number of hydrogen-bond donors (Lipinski definition) is 1. The number of rotatable bonds is 3. The first-order valence-corrected chi connectivity index (χ1v) is 6.58. The SMILES string of the molecule is CC1(C)CCCN1C(=O)c1cncc(C=CC(=O)O)c1. The molecule has 2 heterocycles. The van der Waals surface area contributed by atoms with Gasteiger partial charge in [-0.15, -0.1) is 0 Å². The zero-order chi connectivity index (χ0) is 14.8. The highest BCUT2D eigenvalue weighted by atomic mass is 16.4. The predicted octanol–water partition coefficient (Wildman–Crippen LogP) is 2.19. The van der Waals surface area contributed by atoms with Gasteiger partial charge >= 0.3 is 5.97 Å². The second-order valence-corrected chi connectivity index (χ2v) is 5.55. The Morgan fingerprint density at radius 3 is 2.75 bits per heavy atom. The van der Waals surface area contributed by atoms with Gasteiger partial charge in [0.15, 0.2) is 0 Å². The lowest BCUT2D eigenvalue weighted by Crippen LogP contribution is -2.42. The van der Waals surface area contributed by atoms with Crippen LogP contribution in [0.2, 0.25) is 0 Å². The van der Waals surface area contributed by atoms with Crippen LogP contribution < -0.4 is 0 Å². The fraction of sp³-hybridized carbons (Fsp3) is 0.400. The van der Waals surface area contributed by atoms with Crippen LogP contribution >= 0.6 is 0 Å². The maximum Gasteiger partial charge on any atom is 0.328 e. The summed E-state index contributed by atoms with van der Waals surface area (Å²) < 4.78 is 0. The third kappa shape index (κ3) is 3.04. The molecule has 1 aromatic heterocycles. The Kier molecular flexibility index (Phi) is 3.88. The third-order valence-corrected chi connectivity index (χ3v) is 3.57. The number of pyridine rings is 1. The number of hydrogen-bond acceptors (Lipinski definition) is 3. The fourth-order valence-corrected chi connectivity index (χ4v) is 2.47. The van der Waals surface area contributed by atoms with Crippen molar-refractivity contribution in [3.63, 3.8) is 0 Å². The zero-order valence-corrected chi connectivity index (χ0v) is 11.7. The minimum absolute atomic E-state index is 0.0504. The van der Waals surface area contributed by atoms with E-state index in [-0.39, 0.29) is 11.4 Å². The molecule has 1 fully saturated rings. The lowest BCUT2D eigenvalue weighted by atomic mass is 10.0. The van der Waals surface area contributed by atoms with Crippen molar-refractivity contribution in [2.45, 2.75) is 32.2 Å². The maximum absolute atomic E-state index is 12.5. The van der Waals surface area contributed by atoms with Crippen molar-refractivity contribution in [3.05, 3.63) is 35.7 Å². The molecule has 5 nitrogen and oxygen atoms in total. The molecule has 0 aromatic carbocycles. The number of amides is 1. The van der Waals surface area contributed by atoms with Crippen LogP contribution in [-0.2, 0) is 4.79 Å². The molecule has 0 radical (unpaired) electrons. The highest BCUT2D eigenvalue weighted by Gasteiger charge is 2.35. The van der Waals surface area contributed by atoms with Crippen molar-refractivity contribution in [1.82, 2.24) is 9.88 Å². The van der Waals surface area contributed by atoms with Crippen LogP contribution in [0.5, 0.6) is 0 Å². The van der Waals surface area contributed by atoms with Crippen molar-refractivity contribution in [3.8, 4) is 0 Å². The van der Waals surface area contributed by atoms with E-state index in [0.717, 1.165) is 25.5 Å². The van der Waals surface area contributed by atoms with Crippen LogP contribution in [-0.4, -0.2) is 39.0 Å². The van der Waals surface area contributed by atoms with Gasteiger partial charge in [-0.2, -0.15) is 0 Å². The Labute approximate surface area is 117 Å². The normalized spacial score (nSPS) is 17.6. The number of aliphatic carboxylic acids is 1. The number of carbonyl (C=O) groups excluding carboxylic acids is 1. The minimum atomic E-state index is -1.03. The maximum atomic E-state index is 12.5. The monoisotopic (exact) mass is 274 g/mol. The van der Waals surface area contributed by atoms with Crippen molar-refractivity contribution in [2.24, 2.45) is 0 Å². The van der Waals surface area contributed by atoms with Crippen LogP contribution in [0.25, 0.3) is 6.08 Å². The summed E-state index contributed by atoms with van der Waals surface area (Å²) >= 11 is 0. The predicted molar refractivity (Wildman–Crippen MR) is 75.3 cm³/mol. The molecule has 0 saturated carbocycles. The van der Waals surface area contributed by atoms with E-state index in [1.165, 1.54) is 18.5 Å². The van der Waals surface area contributed by atoms with Gasteiger partial charge in [-0.05, 0) is 44.4 Å². The van der Waals surface area contributed by atoms with Gasteiger partial charge < -0.3 is 10.0 Å². The molecule has 0 bridgehead atoms. The quantitative estimate of drug-likeness (QED) is 0.858. The van der Waals surface area contributed by atoms with Crippen molar-refractivity contribution < 1.29 is 14.7 Å². The molecule has 0 unspecified atom stereocenters. The van der Waals surface area contributed by atoms with E-state index in [9.17, 15) is 9.59 Å². The van der Waals surface area contributed by atoms with Gasteiger partial charge in [-0.25, -0.2) is 4.79 Å².